The summed E-state index contributed by atoms with van der Waals surface area (Å²) in [7, 11) is 1.88. The molecule has 0 saturated carbocycles. The summed E-state index contributed by atoms with van der Waals surface area (Å²) in [6.07, 6.45) is 0. The van der Waals surface area contributed by atoms with Crippen LogP contribution in [0.4, 0.5) is 5.69 Å². The Kier molecular flexibility index (Phi) is 5.85. The number of rotatable bonds is 5. The minimum Gasteiger partial charge on any atom is -0.378 e. The number of carbonyl (C=O) groups excluding carboxylic acids is 2. The molecule has 1 aliphatic heterocycles. The first-order chi connectivity index (χ1) is 12.5. The zero-order valence-corrected chi connectivity index (χ0v) is 15.3. The molecule has 1 fully saturated rings. The molecule has 2 atom stereocenters. The molecular formula is C20H26N3O3+. The maximum absolute atomic E-state index is 12.6. The van der Waals surface area contributed by atoms with E-state index in [1.165, 1.54) is 0 Å². The summed E-state index contributed by atoms with van der Waals surface area (Å²) in [5, 5.41) is 5.18. The summed E-state index contributed by atoms with van der Waals surface area (Å²) >= 11 is 0. The van der Waals surface area contributed by atoms with E-state index in [0.717, 1.165) is 21.4 Å². The average Bonchev–Trinajstić information content (AvgIpc) is 2.67. The fourth-order valence-electron chi connectivity index (χ4n) is 3.06. The van der Waals surface area contributed by atoms with E-state index >= 15 is 0 Å². The van der Waals surface area contributed by atoms with Crippen LogP contribution in [-0.4, -0.2) is 62.7 Å². The third-order valence-corrected chi connectivity index (χ3v) is 4.94. The number of fused-ring (bicyclic) bond motifs is 1. The Balaban J connectivity index is 1.58. The van der Waals surface area contributed by atoms with E-state index in [9.17, 15) is 9.59 Å². The Labute approximate surface area is 153 Å². The Morgan fingerprint density at radius 1 is 1.15 bits per heavy atom. The number of morpholine rings is 1. The zero-order valence-electron chi connectivity index (χ0n) is 15.3. The lowest BCUT2D eigenvalue weighted by Crippen LogP contribution is -3.15. The average molecular weight is 356 g/mol. The number of quaternary nitrogens is 1. The van der Waals surface area contributed by atoms with Crippen LogP contribution < -0.4 is 10.2 Å². The van der Waals surface area contributed by atoms with Gasteiger partial charge in [-0.15, -0.1) is 0 Å². The van der Waals surface area contributed by atoms with Gasteiger partial charge < -0.3 is 19.9 Å². The first kappa shape index (κ1) is 18.4. The molecular weight excluding hydrogens is 330 g/mol. The number of benzene rings is 2. The highest BCUT2D eigenvalue weighted by molar-refractivity contribution is 5.96. The van der Waals surface area contributed by atoms with Crippen molar-refractivity contribution in [1.82, 2.24) is 4.90 Å². The summed E-state index contributed by atoms with van der Waals surface area (Å²) in [4.78, 5) is 27.6. The highest BCUT2D eigenvalue weighted by atomic mass is 16.5. The predicted molar refractivity (Wildman–Crippen MR) is 101 cm³/mol. The van der Waals surface area contributed by atoms with Gasteiger partial charge in [0.15, 0.2) is 12.6 Å². The molecule has 0 radical (unpaired) electrons. The number of ether oxygens (including phenoxy) is 1. The Hall–Kier alpha value is -2.44. The minimum atomic E-state index is -0.327. The molecule has 2 aromatic rings. The molecule has 1 heterocycles. The van der Waals surface area contributed by atoms with Gasteiger partial charge in [0.05, 0.1) is 20.3 Å². The molecule has 26 heavy (non-hydrogen) atoms. The van der Waals surface area contributed by atoms with Gasteiger partial charge >= 0.3 is 0 Å². The monoisotopic (exact) mass is 356 g/mol. The van der Waals surface area contributed by atoms with Gasteiger partial charge in [-0.25, -0.2) is 0 Å². The van der Waals surface area contributed by atoms with Crippen LogP contribution >= 0.6 is 0 Å². The topological polar surface area (TPSA) is 63.1 Å². The number of anilines is 1. The van der Waals surface area contributed by atoms with Crippen LogP contribution in [0, 0.1) is 0 Å². The lowest BCUT2D eigenvalue weighted by atomic mass is 10.1. The number of hydrogen-bond acceptors (Lipinski definition) is 3. The van der Waals surface area contributed by atoms with Gasteiger partial charge in [-0.05, 0) is 29.8 Å². The van der Waals surface area contributed by atoms with Crippen LogP contribution in [0.1, 0.15) is 6.92 Å². The van der Waals surface area contributed by atoms with E-state index in [1.807, 2.05) is 56.4 Å². The molecule has 138 valence electrons. The van der Waals surface area contributed by atoms with Crippen LogP contribution in [0.2, 0.25) is 0 Å². The van der Waals surface area contributed by atoms with Crippen molar-refractivity contribution in [2.24, 2.45) is 0 Å². The van der Waals surface area contributed by atoms with Crippen LogP contribution in [0.5, 0.6) is 0 Å². The SMILES string of the molecule is C[C@@H](C(=O)Nc1ccc2ccccc2c1)[NH+](C)CC(=O)N1CCOCC1. The summed E-state index contributed by atoms with van der Waals surface area (Å²) in [5.41, 5.74) is 0.771. The number of likely N-dealkylation sites (N-methyl/N-ethyl adjacent to an activating group) is 1. The van der Waals surface area contributed by atoms with Crippen molar-refractivity contribution >= 4 is 28.3 Å². The number of carbonyl (C=O) groups is 2. The summed E-state index contributed by atoms with van der Waals surface area (Å²) in [5.74, 6) is -0.0243. The van der Waals surface area contributed by atoms with Gasteiger partial charge in [-0.3, -0.25) is 9.59 Å². The van der Waals surface area contributed by atoms with E-state index in [1.54, 1.807) is 4.90 Å². The molecule has 6 heteroatoms. The zero-order chi connectivity index (χ0) is 18.5. The molecule has 1 saturated heterocycles. The van der Waals surface area contributed by atoms with Gasteiger partial charge in [0.25, 0.3) is 11.8 Å². The molecule has 0 aromatic heterocycles. The fraction of sp³-hybridized carbons (Fsp3) is 0.400. The van der Waals surface area contributed by atoms with E-state index in [4.69, 9.17) is 4.74 Å². The number of amides is 2. The molecule has 0 bridgehead atoms. The van der Waals surface area contributed by atoms with Crippen molar-refractivity contribution in [3.05, 3.63) is 42.5 Å². The molecule has 1 unspecified atom stereocenters. The highest BCUT2D eigenvalue weighted by Gasteiger charge is 2.27. The van der Waals surface area contributed by atoms with Gasteiger partial charge in [0.2, 0.25) is 0 Å². The van der Waals surface area contributed by atoms with Gasteiger partial charge in [-0.2, -0.15) is 0 Å². The lowest BCUT2D eigenvalue weighted by Gasteiger charge is -2.28. The molecule has 2 N–H and O–H groups in total. The standard InChI is InChI=1S/C20H25N3O3/c1-15(22(2)14-19(24)23-9-11-26-12-10-23)20(25)21-18-8-7-16-5-3-4-6-17(16)13-18/h3-8,13,15H,9-12,14H2,1-2H3,(H,21,25)/p+1/t15-/m0/s1. The van der Waals surface area contributed by atoms with Crippen molar-refractivity contribution in [2.75, 3.05) is 45.2 Å². The molecule has 2 aromatic carbocycles. The van der Waals surface area contributed by atoms with Gasteiger partial charge in [0.1, 0.15) is 0 Å². The van der Waals surface area contributed by atoms with Gasteiger partial charge in [-0.1, -0.05) is 30.3 Å². The van der Waals surface area contributed by atoms with E-state index in [-0.39, 0.29) is 17.9 Å². The maximum atomic E-state index is 12.6. The fourth-order valence-corrected chi connectivity index (χ4v) is 3.06. The minimum absolute atomic E-state index is 0.0659. The third-order valence-electron chi connectivity index (χ3n) is 4.94. The third kappa shape index (κ3) is 4.39. The second-order valence-electron chi connectivity index (χ2n) is 6.79. The van der Waals surface area contributed by atoms with Crippen LogP contribution in [0.25, 0.3) is 10.8 Å². The van der Waals surface area contributed by atoms with Gasteiger partial charge in [0, 0.05) is 18.8 Å². The molecule has 0 aliphatic carbocycles. The summed E-state index contributed by atoms with van der Waals surface area (Å²) < 4.78 is 5.27. The molecule has 3 rings (SSSR count). The van der Waals surface area contributed by atoms with Crippen molar-refractivity contribution in [2.45, 2.75) is 13.0 Å². The Morgan fingerprint density at radius 2 is 1.85 bits per heavy atom. The smallest absolute Gasteiger partial charge is 0.282 e. The van der Waals surface area contributed by atoms with Crippen molar-refractivity contribution in [3.63, 3.8) is 0 Å². The van der Waals surface area contributed by atoms with E-state index in [2.05, 4.69) is 5.32 Å². The second-order valence-corrected chi connectivity index (χ2v) is 6.79. The van der Waals surface area contributed by atoms with Crippen LogP contribution in [0.15, 0.2) is 42.5 Å². The lowest BCUT2D eigenvalue weighted by molar-refractivity contribution is -0.886. The highest BCUT2D eigenvalue weighted by Crippen LogP contribution is 2.18. The van der Waals surface area contributed by atoms with Crippen molar-refractivity contribution in [3.8, 4) is 0 Å². The predicted octanol–water partition coefficient (Wildman–Crippen LogP) is 0.540. The van der Waals surface area contributed by atoms with Crippen molar-refractivity contribution in [1.29, 1.82) is 0 Å². The first-order valence-electron chi connectivity index (χ1n) is 9.02. The summed E-state index contributed by atoms with van der Waals surface area (Å²) in [6, 6.07) is 13.6. The van der Waals surface area contributed by atoms with Crippen LogP contribution in [-0.2, 0) is 14.3 Å². The molecule has 2 amide bonds. The largest absolute Gasteiger partial charge is 0.378 e. The normalized spacial score (nSPS) is 16.9. The number of hydrogen-bond donors (Lipinski definition) is 2. The number of nitrogens with one attached hydrogen (secondary N) is 2. The Morgan fingerprint density at radius 3 is 2.58 bits per heavy atom. The van der Waals surface area contributed by atoms with Crippen molar-refractivity contribution < 1.29 is 19.2 Å². The second kappa shape index (κ2) is 8.29. The Bertz CT molecular complexity index is 787. The van der Waals surface area contributed by atoms with E-state index in [0.29, 0.717) is 32.8 Å². The molecule has 6 nitrogen and oxygen atoms in total. The molecule has 0 spiro atoms. The molecule has 1 aliphatic rings. The van der Waals surface area contributed by atoms with Crippen LogP contribution in [0.3, 0.4) is 0 Å². The maximum Gasteiger partial charge on any atom is 0.282 e. The number of nitrogens with zero attached hydrogens (tertiary/aromatic N) is 1. The quantitative estimate of drug-likeness (QED) is 0.822. The van der Waals surface area contributed by atoms with E-state index < -0.39 is 0 Å². The summed E-state index contributed by atoms with van der Waals surface area (Å²) in [6.45, 7) is 4.57. The first-order valence-corrected chi connectivity index (χ1v) is 9.02.